The SMILES string of the molecule is COc1ccccc1C1(C2(CO)CCC2)COC1. The molecule has 98 valence electrons. The third-order valence-corrected chi connectivity index (χ3v) is 4.95. The molecule has 1 aliphatic heterocycles. The molecule has 1 aliphatic carbocycles. The molecule has 1 aromatic rings. The topological polar surface area (TPSA) is 38.7 Å². The summed E-state index contributed by atoms with van der Waals surface area (Å²) in [6.07, 6.45) is 3.38. The van der Waals surface area contributed by atoms with Gasteiger partial charge >= 0.3 is 0 Å². The number of methoxy groups -OCH3 is 1. The molecular formula is C15H20O3. The smallest absolute Gasteiger partial charge is 0.122 e. The monoisotopic (exact) mass is 248 g/mol. The van der Waals surface area contributed by atoms with Crippen LogP contribution < -0.4 is 4.74 Å². The Labute approximate surface area is 108 Å². The number of hydrogen-bond donors (Lipinski definition) is 1. The van der Waals surface area contributed by atoms with Gasteiger partial charge in [-0.1, -0.05) is 24.6 Å². The summed E-state index contributed by atoms with van der Waals surface area (Å²) in [7, 11) is 1.71. The van der Waals surface area contributed by atoms with Gasteiger partial charge in [0.15, 0.2) is 0 Å². The lowest BCUT2D eigenvalue weighted by atomic mass is 9.50. The summed E-state index contributed by atoms with van der Waals surface area (Å²) in [5.41, 5.74) is 1.15. The van der Waals surface area contributed by atoms with Crippen LogP contribution >= 0.6 is 0 Å². The second kappa shape index (κ2) is 4.25. The number of hydrogen-bond acceptors (Lipinski definition) is 3. The molecule has 0 spiro atoms. The van der Waals surface area contributed by atoms with Crippen molar-refractivity contribution < 1.29 is 14.6 Å². The molecule has 3 nitrogen and oxygen atoms in total. The van der Waals surface area contributed by atoms with Crippen LogP contribution in [0, 0.1) is 5.41 Å². The molecule has 2 fully saturated rings. The van der Waals surface area contributed by atoms with Crippen molar-refractivity contribution in [3.63, 3.8) is 0 Å². The lowest BCUT2D eigenvalue weighted by molar-refractivity contribution is -0.173. The standard InChI is InChI=1S/C15H20O3/c1-17-13-6-3-2-5-12(13)15(10-18-11-15)14(9-16)7-4-8-14/h2-3,5-6,16H,4,7-11H2,1H3. The zero-order valence-electron chi connectivity index (χ0n) is 10.8. The van der Waals surface area contributed by atoms with Gasteiger partial charge in [0.2, 0.25) is 0 Å². The predicted molar refractivity (Wildman–Crippen MR) is 68.9 cm³/mol. The van der Waals surface area contributed by atoms with Crippen molar-refractivity contribution in [2.24, 2.45) is 5.41 Å². The van der Waals surface area contributed by atoms with Crippen molar-refractivity contribution >= 4 is 0 Å². The molecule has 0 atom stereocenters. The summed E-state index contributed by atoms with van der Waals surface area (Å²) >= 11 is 0. The van der Waals surface area contributed by atoms with E-state index < -0.39 is 0 Å². The molecule has 3 heteroatoms. The maximum absolute atomic E-state index is 9.87. The average Bonchev–Trinajstić information content (AvgIpc) is 2.31. The van der Waals surface area contributed by atoms with E-state index in [0.29, 0.717) is 13.2 Å². The highest BCUT2D eigenvalue weighted by atomic mass is 16.5. The predicted octanol–water partition coefficient (Wildman–Crippen LogP) is 2.13. The van der Waals surface area contributed by atoms with Gasteiger partial charge in [0.1, 0.15) is 5.75 Å². The van der Waals surface area contributed by atoms with E-state index in [1.54, 1.807) is 7.11 Å². The molecule has 18 heavy (non-hydrogen) atoms. The third kappa shape index (κ3) is 1.38. The van der Waals surface area contributed by atoms with Crippen LogP contribution in [0.25, 0.3) is 0 Å². The van der Waals surface area contributed by atoms with Gasteiger partial charge in [-0.05, 0) is 18.9 Å². The second-order valence-electron chi connectivity index (χ2n) is 5.57. The molecule has 1 aromatic carbocycles. The zero-order chi connectivity index (χ0) is 12.6. The van der Waals surface area contributed by atoms with Crippen LogP contribution in [0.2, 0.25) is 0 Å². The molecule has 0 radical (unpaired) electrons. The second-order valence-corrected chi connectivity index (χ2v) is 5.57. The molecule has 3 rings (SSSR count). The van der Waals surface area contributed by atoms with Crippen LogP contribution in [-0.4, -0.2) is 32.0 Å². The maximum Gasteiger partial charge on any atom is 0.122 e. The van der Waals surface area contributed by atoms with Crippen molar-refractivity contribution in [2.75, 3.05) is 26.9 Å². The fourth-order valence-electron chi connectivity index (χ4n) is 3.49. The molecule has 2 aliphatic rings. The highest BCUT2D eigenvalue weighted by Gasteiger charge is 2.60. The Morgan fingerprint density at radius 1 is 1.28 bits per heavy atom. The number of ether oxygens (including phenoxy) is 2. The molecule has 1 saturated carbocycles. The van der Waals surface area contributed by atoms with Crippen molar-refractivity contribution in [1.29, 1.82) is 0 Å². The van der Waals surface area contributed by atoms with Crippen LogP contribution in [0.5, 0.6) is 5.75 Å². The number of aliphatic hydroxyl groups is 1. The fraction of sp³-hybridized carbons (Fsp3) is 0.600. The van der Waals surface area contributed by atoms with Crippen molar-refractivity contribution in [2.45, 2.75) is 24.7 Å². The Balaban J connectivity index is 2.06. The van der Waals surface area contributed by atoms with Gasteiger partial charge in [-0.25, -0.2) is 0 Å². The van der Waals surface area contributed by atoms with Crippen LogP contribution in [0.3, 0.4) is 0 Å². The van der Waals surface area contributed by atoms with Crippen molar-refractivity contribution in [3.8, 4) is 5.75 Å². The summed E-state index contributed by atoms with van der Waals surface area (Å²) in [6.45, 7) is 1.65. The van der Waals surface area contributed by atoms with Crippen LogP contribution in [0.4, 0.5) is 0 Å². The molecule has 0 amide bonds. The van der Waals surface area contributed by atoms with E-state index in [1.165, 1.54) is 12.0 Å². The maximum atomic E-state index is 9.87. The van der Waals surface area contributed by atoms with Crippen LogP contribution in [0.1, 0.15) is 24.8 Å². The van der Waals surface area contributed by atoms with Gasteiger partial charge in [0, 0.05) is 17.6 Å². The largest absolute Gasteiger partial charge is 0.496 e. The Morgan fingerprint density at radius 2 is 2.00 bits per heavy atom. The summed E-state index contributed by atoms with van der Waals surface area (Å²) in [4.78, 5) is 0. The molecular weight excluding hydrogens is 228 g/mol. The molecule has 1 saturated heterocycles. The first-order valence-electron chi connectivity index (χ1n) is 6.60. The molecule has 1 N–H and O–H groups in total. The van der Waals surface area contributed by atoms with Gasteiger partial charge in [0.25, 0.3) is 0 Å². The van der Waals surface area contributed by atoms with E-state index in [0.717, 1.165) is 18.6 Å². The Bertz CT molecular complexity index is 428. The van der Waals surface area contributed by atoms with Crippen molar-refractivity contribution in [1.82, 2.24) is 0 Å². The van der Waals surface area contributed by atoms with Gasteiger partial charge in [-0.3, -0.25) is 0 Å². The summed E-state index contributed by atoms with van der Waals surface area (Å²) in [5.74, 6) is 0.917. The van der Waals surface area contributed by atoms with Gasteiger partial charge in [-0.2, -0.15) is 0 Å². The minimum Gasteiger partial charge on any atom is -0.496 e. The summed E-state index contributed by atoms with van der Waals surface area (Å²) in [6, 6.07) is 8.15. The summed E-state index contributed by atoms with van der Waals surface area (Å²) in [5, 5.41) is 9.87. The first-order chi connectivity index (χ1) is 8.78. The number of benzene rings is 1. The molecule has 0 unspecified atom stereocenters. The third-order valence-electron chi connectivity index (χ3n) is 4.95. The minimum atomic E-state index is -0.0490. The lowest BCUT2D eigenvalue weighted by Crippen LogP contribution is -2.63. The van der Waals surface area contributed by atoms with E-state index in [2.05, 4.69) is 6.07 Å². The number of aliphatic hydroxyl groups excluding tert-OH is 1. The van der Waals surface area contributed by atoms with Crippen LogP contribution in [0.15, 0.2) is 24.3 Å². The van der Waals surface area contributed by atoms with Crippen LogP contribution in [-0.2, 0) is 10.2 Å². The van der Waals surface area contributed by atoms with E-state index in [9.17, 15) is 5.11 Å². The Kier molecular flexibility index (Phi) is 2.83. The van der Waals surface area contributed by atoms with E-state index >= 15 is 0 Å². The van der Waals surface area contributed by atoms with E-state index in [4.69, 9.17) is 9.47 Å². The summed E-state index contributed by atoms with van der Waals surface area (Å²) < 4.78 is 11.0. The Morgan fingerprint density at radius 3 is 2.44 bits per heavy atom. The quantitative estimate of drug-likeness (QED) is 0.887. The van der Waals surface area contributed by atoms with Gasteiger partial charge in [-0.15, -0.1) is 0 Å². The first-order valence-corrected chi connectivity index (χ1v) is 6.60. The lowest BCUT2D eigenvalue weighted by Gasteiger charge is -2.59. The number of rotatable bonds is 4. The van der Waals surface area contributed by atoms with E-state index in [-0.39, 0.29) is 17.4 Å². The van der Waals surface area contributed by atoms with E-state index in [1.807, 2.05) is 18.2 Å². The number of para-hydroxylation sites is 1. The molecule has 1 heterocycles. The minimum absolute atomic E-state index is 0.000116. The fourth-order valence-corrected chi connectivity index (χ4v) is 3.49. The molecule has 0 bridgehead atoms. The highest BCUT2D eigenvalue weighted by Crippen LogP contribution is 2.59. The zero-order valence-corrected chi connectivity index (χ0v) is 10.8. The Hall–Kier alpha value is -1.06. The molecule has 0 aromatic heterocycles. The average molecular weight is 248 g/mol. The normalized spacial score (nSPS) is 23.9. The van der Waals surface area contributed by atoms with Gasteiger partial charge < -0.3 is 14.6 Å². The highest BCUT2D eigenvalue weighted by molar-refractivity contribution is 5.44. The first kappa shape index (κ1) is 12.0. The van der Waals surface area contributed by atoms with Gasteiger partial charge in [0.05, 0.1) is 25.7 Å². The van der Waals surface area contributed by atoms with Crippen molar-refractivity contribution in [3.05, 3.63) is 29.8 Å².